The van der Waals surface area contributed by atoms with Gasteiger partial charge in [-0.25, -0.2) is 12.8 Å². The molecule has 6 nitrogen and oxygen atoms in total. The Morgan fingerprint density at radius 3 is 2.64 bits per heavy atom. The number of carbonyl (C=O) groups is 1. The summed E-state index contributed by atoms with van der Waals surface area (Å²) in [6.07, 6.45) is 1.89. The van der Waals surface area contributed by atoms with Gasteiger partial charge in [0.05, 0.1) is 21.7 Å². The molecule has 2 aromatic rings. The molecule has 1 unspecified atom stereocenters. The van der Waals surface area contributed by atoms with E-state index in [9.17, 15) is 17.6 Å². The molecule has 1 aliphatic rings. The van der Waals surface area contributed by atoms with E-state index in [-0.39, 0.29) is 27.6 Å². The fourth-order valence-electron chi connectivity index (χ4n) is 2.95. The number of rotatable bonds is 6. The summed E-state index contributed by atoms with van der Waals surface area (Å²) in [4.78, 5) is 14.1. The van der Waals surface area contributed by atoms with Gasteiger partial charge in [0.25, 0.3) is 15.9 Å². The highest BCUT2D eigenvalue weighted by Crippen LogP contribution is 2.27. The average Bonchev–Trinajstić information content (AvgIpc) is 3.16. The lowest BCUT2D eigenvalue weighted by Crippen LogP contribution is -2.34. The summed E-state index contributed by atoms with van der Waals surface area (Å²) in [5.41, 5.74) is 0.365. The van der Waals surface area contributed by atoms with Crippen molar-refractivity contribution in [3.63, 3.8) is 0 Å². The van der Waals surface area contributed by atoms with E-state index >= 15 is 0 Å². The van der Waals surface area contributed by atoms with E-state index in [1.54, 1.807) is 7.05 Å². The zero-order chi connectivity index (χ0) is 20.3. The molecule has 1 atom stereocenters. The normalized spacial score (nSPS) is 16.8. The van der Waals surface area contributed by atoms with Crippen LogP contribution in [0.4, 0.5) is 10.1 Å². The number of hydrogen-bond donors (Lipinski definition) is 1. The van der Waals surface area contributed by atoms with Crippen LogP contribution in [-0.4, -0.2) is 45.5 Å². The Kier molecular flexibility index (Phi) is 6.22. The van der Waals surface area contributed by atoms with Crippen LogP contribution in [0.25, 0.3) is 0 Å². The Bertz CT molecular complexity index is 960. The van der Waals surface area contributed by atoms with Crippen molar-refractivity contribution >= 4 is 33.2 Å². The highest BCUT2D eigenvalue weighted by molar-refractivity contribution is 7.92. The van der Waals surface area contributed by atoms with E-state index in [0.717, 1.165) is 37.1 Å². The maximum absolute atomic E-state index is 13.0. The van der Waals surface area contributed by atoms with E-state index in [1.165, 1.54) is 23.1 Å². The molecule has 0 radical (unpaired) electrons. The summed E-state index contributed by atoms with van der Waals surface area (Å²) >= 11 is 6.10. The lowest BCUT2D eigenvalue weighted by Gasteiger charge is -2.21. The van der Waals surface area contributed by atoms with Crippen molar-refractivity contribution in [2.24, 2.45) is 0 Å². The first-order valence-electron chi connectivity index (χ1n) is 8.71. The third kappa shape index (κ3) is 4.81. The fraction of sp³-hybridized carbons (Fsp3) is 0.316. The number of benzene rings is 2. The summed E-state index contributed by atoms with van der Waals surface area (Å²) in [6.45, 7) is 1.15. The molecule has 1 fully saturated rings. The number of amides is 1. The first-order valence-corrected chi connectivity index (χ1v) is 10.6. The molecule has 1 saturated heterocycles. The Balaban J connectivity index is 1.78. The molecule has 0 aliphatic carbocycles. The predicted molar refractivity (Wildman–Crippen MR) is 105 cm³/mol. The van der Waals surface area contributed by atoms with Crippen LogP contribution in [0, 0.1) is 5.82 Å². The van der Waals surface area contributed by atoms with Gasteiger partial charge in [0.1, 0.15) is 5.82 Å². The molecule has 1 aliphatic heterocycles. The van der Waals surface area contributed by atoms with Gasteiger partial charge in [-0.05, 0) is 55.3 Å². The number of likely N-dealkylation sites (N-methyl/N-ethyl adjacent to an activating group) is 1. The van der Waals surface area contributed by atoms with Crippen molar-refractivity contribution in [2.45, 2.75) is 23.8 Å². The Morgan fingerprint density at radius 2 is 2.00 bits per heavy atom. The average molecular weight is 427 g/mol. The van der Waals surface area contributed by atoms with Gasteiger partial charge < -0.3 is 9.64 Å². The lowest BCUT2D eigenvalue weighted by atomic mass is 10.1. The maximum Gasteiger partial charge on any atom is 0.261 e. The van der Waals surface area contributed by atoms with Crippen LogP contribution < -0.4 is 4.72 Å². The van der Waals surface area contributed by atoms with Gasteiger partial charge in [0.15, 0.2) is 0 Å². The zero-order valence-electron chi connectivity index (χ0n) is 15.2. The van der Waals surface area contributed by atoms with Crippen molar-refractivity contribution in [3.05, 3.63) is 58.9 Å². The number of halogens is 2. The molecular weight excluding hydrogens is 407 g/mol. The molecule has 1 heterocycles. The number of nitrogens with one attached hydrogen (secondary N) is 1. The largest absolute Gasteiger partial charge is 0.376 e. The van der Waals surface area contributed by atoms with Gasteiger partial charge >= 0.3 is 0 Å². The highest BCUT2D eigenvalue weighted by atomic mass is 35.5. The van der Waals surface area contributed by atoms with Gasteiger partial charge in [-0.1, -0.05) is 11.6 Å². The molecule has 3 rings (SSSR count). The van der Waals surface area contributed by atoms with Crippen molar-refractivity contribution in [1.29, 1.82) is 0 Å². The van der Waals surface area contributed by atoms with Crippen molar-refractivity contribution in [1.82, 2.24) is 4.90 Å². The Labute approximate surface area is 168 Å². The molecule has 0 spiro atoms. The number of ether oxygens (including phenoxy) is 1. The molecule has 0 bridgehead atoms. The first-order chi connectivity index (χ1) is 13.3. The van der Waals surface area contributed by atoms with E-state index in [4.69, 9.17) is 16.3 Å². The summed E-state index contributed by atoms with van der Waals surface area (Å²) in [7, 11) is -2.31. The third-order valence-electron chi connectivity index (χ3n) is 4.43. The predicted octanol–water partition coefficient (Wildman–Crippen LogP) is 3.53. The number of anilines is 1. The quantitative estimate of drug-likeness (QED) is 0.766. The molecule has 0 saturated carbocycles. The second-order valence-corrected chi connectivity index (χ2v) is 8.66. The summed E-state index contributed by atoms with van der Waals surface area (Å²) in [6, 6.07) is 8.78. The van der Waals surface area contributed by atoms with Crippen LogP contribution >= 0.6 is 11.6 Å². The van der Waals surface area contributed by atoms with Gasteiger partial charge in [0, 0.05) is 25.8 Å². The SMILES string of the molecule is CN(CC1CCCO1)C(=O)c1ccc(Cl)c(NS(=O)(=O)c2ccc(F)cc2)c1. The second-order valence-electron chi connectivity index (χ2n) is 6.57. The molecule has 9 heteroatoms. The minimum atomic E-state index is -3.98. The monoisotopic (exact) mass is 426 g/mol. The molecule has 150 valence electrons. The van der Waals surface area contributed by atoms with Crippen LogP contribution in [0.3, 0.4) is 0 Å². The van der Waals surface area contributed by atoms with E-state index in [0.29, 0.717) is 18.7 Å². The topological polar surface area (TPSA) is 75.7 Å². The first kappa shape index (κ1) is 20.6. The third-order valence-corrected chi connectivity index (χ3v) is 6.14. The van der Waals surface area contributed by atoms with Crippen LogP contribution in [-0.2, 0) is 14.8 Å². The molecule has 1 amide bonds. The zero-order valence-corrected chi connectivity index (χ0v) is 16.8. The van der Waals surface area contributed by atoms with Crippen molar-refractivity contribution < 1.29 is 22.3 Å². The van der Waals surface area contributed by atoms with Gasteiger partial charge in [-0.3, -0.25) is 9.52 Å². The second kappa shape index (κ2) is 8.46. The molecule has 1 N–H and O–H groups in total. The molecular formula is C19H20ClFN2O4S. The minimum Gasteiger partial charge on any atom is -0.376 e. The van der Waals surface area contributed by atoms with Gasteiger partial charge in [0.2, 0.25) is 0 Å². The van der Waals surface area contributed by atoms with Crippen molar-refractivity contribution in [3.8, 4) is 0 Å². The minimum absolute atomic E-state index is 0.0118. The number of hydrogen-bond acceptors (Lipinski definition) is 4. The van der Waals surface area contributed by atoms with Gasteiger partial charge in [-0.15, -0.1) is 0 Å². The summed E-state index contributed by atoms with van der Waals surface area (Å²) < 4.78 is 45.9. The maximum atomic E-state index is 13.0. The number of carbonyl (C=O) groups excluding carboxylic acids is 1. The number of sulfonamides is 1. The standard InChI is InChI=1S/C19H20ClFN2O4S/c1-23(12-15-3-2-10-27-15)19(24)13-4-9-17(20)18(11-13)22-28(25,26)16-7-5-14(21)6-8-16/h4-9,11,15,22H,2-3,10,12H2,1H3. The highest BCUT2D eigenvalue weighted by Gasteiger charge is 2.22. The van der Waals surface area contributed by atoms with Crippen LogP contribution in [0.2, 0.25) is 5.02 Å². The lowest BCUT2D eigenvalue weighted by molar-refractivity contribution is 0.0587. The van der Waals surface area contributed by atoms with E-state index < -0.39 is 15.8 Å². The Morgan fingerprint density at radius 1 is 1.29 bits per heavy atom. The van der Waals surface area contributed by atoms with E-state index in [2.05, 4.69) is 4.72 Å². The number of nitrogens with zero attached hydrogens (tertiary/aromatic N) is 1. The van der Waals surface area contributed by atoms with Crippen molar-refractivity contribution in [2.75, 3.05) is 24.9 Å². The van der Waals surface area contributed by atoms with Crippen LogP contribution in [0.5, 0.6) is 0 Å². The van der Waals surface area contributed by atoms with Crippen LogP contribution in [0.1, 0.15) is 23.2 Å². The fourth-order valence-corrected chi connectivity index (χ4v) is 4.24. The van der Waals surface area contributed by atoms with Crippen LogP contribution in [0.15, 0.2) is 47.4 Å². The molecule has 2 aromatic carbocycles. The summed E-state index contributed by atoms with van der Waals surface area (Å²) in [5.74, 6) is -0.812. The van der Waals surface area contributed by atoms with E-state index in [1.807, 2.05) is 0 Å². The van der Waals surface area contributed by atoms with Gasteiger partial charge in [-0.2, -0.15) is 0 Å². The molecule has 28 heavy (non-hydrogen) atoms. The smallest absolute Gasteiger partial charge is 0.261 e. The Hall–Kier alpha value is -2.16. The summed E-state index contributed by atoms with van der Waals surface area (Å²) in [5, 5.41) is 0.143. The molecule has 0 aromatic heterocycles.